The first kappa shape index (κ1) is 10.9. The zero-order chi connectivity index (χ0) is 10.8. The third-order valence-corrected chi connectivity index (χ3v) is 3.41. The molecule has 4 heteroatoms. The molecule has 1 N–H and O–H groups in total. The Morgan fingerprint density at radius 1 is 1.40 bits per heavy atom. The van der Waals surface area contributed by atoms with Crippen molar-refractivity contribution in [2.45, 2.75) is 18.9 Å². The molecule has 0 saturated carbocycles. The van der Waals surface area contributed by atoms with Gasteiger partial charge in [0.25, 0.3) is 0 Å². The number of nitrogens with one attached hydrogen (secondary N) is 1. The lowest BCUT2D eigenvalue weighted by molar-refractivity contribution is 0.0952. The first-order chi connectivity index (χ1) is 7.20. The van der Waals surface area contributed by atoms with E-state index >= 15 is 0 Å². The van der Waals surface area contributed by atoms with Crippen LogP contribution in [0, 0.1) is 0 Å². The fourth-order valence-electron chi connectivity index (χ4n) is 1.79. The minimum atomic E-state index is -0.0963. The molecule has 2 nitrogen and oxygen atoms in total. The number of carbonyl (C=O) groups is 1. The number of ketones is 1. The number of Topliss-reactive ketones (excluding diaryl/α,β-unsaturated/α-hetero) is 1. The van der Waals surface area contributed by atoms with Gasteiger partial charge in [0.1, 0.15) is 0 Å². The molecule has 0 aromatic heterocycles. The lowest BCUT2D eigenvalue weighted by Gasteiger charge is -2.10. The predicted molar refractivity (Wildman–Crippen MR) is 61.8 cm³/mol. The Morgan fingerprint density at radius 3 is 2.87 bits per heavy atom. The van der Waals surface area contributed by atoms with Crippen LogP contribution in [0.5, 0.6) is 0 Å². The number of hydrogen-bond acceptors (Lipinski definition) is 2. The molecule has 1 aromatic carbocycles. The molecule has 1 heterocycles. The molecule has 0 amide bonds. The zero-order valence-corrected chi connectivity index (χ0v) is 9.61. The van der Waals surface area contributed by atoms with Crippen molar-refractivity contribution in [1.82, 2.24) is 5.32 Å². The highest BCUT2D eigenvalue weighted by molar-refractivity contribution is 6.44. The van der Waals surface area contributed by atoms with E-state index in [9.17, 15) is 4.79 Å². The standard InChI is InChI=1S/C11H11Cl2NO/c12-8-4-1-3-7(10(8)13)11(15)9-5-2-6-14-9/h1,3-4,9,14H,2,5-6H2. The number of rotatable bonds is 2. The Kier molecular flexibility index (Phi) is 3.29. The summed E-state index contributed by atoms with van der Waals surface area (Å²) in [6, 6.07) is 5.05. The molecular weight excluding hydrogens is 233 g/mol. The summed E-state index contributed by atoms with van der Waals surface area (Å²) < 4.78 is 0. The number of halogens is 2. The van der Waals surface area contributed by atoms with Crippen molar-refractivity contribution in [3.05, 3.63) is 33.8 Å². The smallest absolute Gasteiger partial charge is 0.181 e. The average Bonchev–Trinajstić information content (AvgIpc) is 2.74. The molecule has 0 aliphatic carbocycles. The molecule has 80 valence electrons. The number of carbonyl (C=O) groups excluding carboxylic acids is 1. The molecule has 0 bridgehead atoms. The summed E-state index contributed by atoms with van der Waals surface area (Å²) >= 11 is 11.8. The summed E-state index contributed by atoms with van der Waals surface area (Å²) in [5, 5.41) is 3.94. The molecule has 1 fully saturated rings. The summed E-state index contributed by atoms with van der Waals surface area (Å²) in [5.74, 6) is 0.0417. The maximum Gasteiger partial charge on any atom is 0.181 e. The molecule has 15 heavy (non-hydrogen) atoms. The van der Waals surface area contributed by atoms with Crippen LogP contribution < -0.4 is 5.32 Å². The fraction of sp³-hybridized carbons (Fsp3) is 0.364. The van der Waals surface area contributed by atoms with Crippen molar-refractivity contribution in [3.63, 3.8) is 0 Å². The van der Waals surface area contributed by atoms with Gasteiger partial charge in [0.15, 0.2) is 5.78 Å². The number of hydrogen-bond donors (Lipinski definition) is 1. The van der Waals surface area contributed by atoms with Crippen LogP contribution in [0.15, 0.2) is 18.2 Å². The molecule has 1 atom stereocenters. The van der Waals surface area contributed by atoms with Gasteiger partial charge in [-0.05, 0) is 31.5 Å². The summed E-state index contributed by atoms with van der Waals surface area (Å²) in [6.45, 7) is 0.897. The lowest BCUT2D eigenvalue weighted by Crippen LogP contribution is -2.30. The van der Waals surface area contributed by atoms with Crippen molar-refractivity contribution in [1.29, 1.82) is 0 Å². The lowest BCUT2D eigenvalue weighted by atomic mass is 10.0. The average molecular weight is 244 g/mol. The van der Waals surface area contributed by atoms with E-state index < -0.39 is 0 Å². The van der Waals surface area contributed by atoms with E-state index in [1.807, 2.05) is 0 Å². The van der Waals surface area contributed by atoms with Crippen LogP contribution in [0.4, 0.5) is 0 Å². The SMILES string of the molecule is O=C(c1cccc(Cl)c1Cl)C1CCCN1. The van der Waals surface area contributed by atoms with Crippen LogP contribution in [0.25, 0.3) is 0 Å². The Morgan fingerprint density at radius 2 is 2.20 bits per heavy atom. The van der Waals surface area contributed by atoms with Crippen LogP contribution >= 0.6 is 23.2 Å². The monoisotopic (exact) mass is 243 g/mol. The topological polar surface area (TPSA) is 29.1 Å². The highest BCUT2D eigenvalue weighted by atomic mass is 35.5. The van der Waals surface area contributed by atoms with E-state index in [0.29, 0.717) is 15.6 Å². The van der Waals surface area contributed by atoms with Crippen molar-refractivity contribution in [3.8, 4) is 0 Å². The summed E-state index contributed by atoms with van der Waals surface area (Å²) in [4.78, 5) is 12.0. The minimum Gasteiger partial charge on any atom is -0.307 e. The van der Waals surface area contributed by atoms with Gasteiger partial charge >= 0.3 is 0 Å². The second kappa shape index (κ2) is 4.52. The molecule has 1 aliphatic rings. The van der Waals surface area contributed by atoms with Crippen LogP contribution in [0.2, 0.25) is 10.0 Å². The van der Waals surface area contributed by atoms with Crippen LogP contribution in [-0.4, -0.2) is 18.4 Å². The molecule has 1 unspecified atom stereocenters. The molecule has 0 radical (unpaired) electrons. The molecule has 1 saturated heterocycles. The fourth-order valence-corrected chi connectivity index (χ4v) is 2.18. The normalized spacial score (nSPS) is 20.5. The van der Waals surface area contributed by atoms with Crippen molar-refractivity contribution in [2.75, 3.05) is 6.54 Å². The van der Waals surface area contributed by atoms with Gasteiger partial charge in [-0.15, -0.1) is 0 Å². The first-order valence-electron chi connectivity index (χ1n) is 4.92. The second-order valence-corrected chi connectivity index (χ2v) is 4.40. The maximum absolute atomic E-state index is 12.0. The highest BCUT2D eigenvalue weighted by Crippen LogP contribution is 2.27. The van der Waals surface area contributed by atoms with Crippen LogP contribution in [0.3, 0.4) is 0 Å². The highest BCUT2D eigenvalue weighted by Gasteiger charge is 2.25. The predicted octanol–water partition coefficient (Wildman–Crippen LogP) is 2.93. The van der Waals surface area contributed by atoms with Gasteiger partial charge in [-0.2, -0.15) is 0 Å². The van der Waals surface area contributed by atoms with Crippen molar-refractivity contribution < 1.29 is 4.79 Å². The quantitative estimate of drug-likeness (QED) is 0.810. The van der Waals surface area contributed by atoms with Gasteiger partial charge < -0.3 is 5.32 Å². The van der Waals surface area contributed by atoms with E-state index in [0.717, 1.165) is 19.4 Å². The van der Waals surface area contributed by atoms with Gasteiger partial charge in [0, 0.05) is 5.56 Å². The third kappa shape index (κ3) is 2.17. The van der Waals surface area contributed by atoms with Crippen molar-refractivity contribution >= 4 is 29.0 Å². The largest absolute Gasteiger partial charge is 0.307 e. The molecular formula is C11H11Cl2NO. The second-order valence-electron chi connectivity index (χ2n) is 3.61. The molecule has 2 rings (SSSR count). The van der Waals surface area contributed by atoms with E-state index in [-0.39, 0.29) is 11.8 Å². The van der Waals surface area contributed by atoms with Gasteiger partial charge in [-0.3, -0.25) is 4.79 Å². The Balaban J connectivity index is 2.28. The number of benzene rings is 1. The van der Waals surface area contributed by atoms with Crippen LogP contribution in [-0.2, 0) is 0 Å². The molecule has 1 aromatic rings. The maximum atomic E-state index is 12.0. The van der Waals surface area contributed by atoms with Gasteiger partial charge in [-0.1, -0.05) is 29.3 Å². The zero-order valence-electron chi connectivity index (χ0n) is 8.09. The van der Waals surface area contributed by atoms with Gasteiger partial charge in [-0.25, -0.2) is 0 Å². The Hall–Kier alpha value is -0.570. The Bertz CT molecular complexity index is 386. The van der Waals surface area contributed by atoms with E-state index in [4.69, 9.17) is 23.2 Å². The minimum absolute atomic E-state index is 0.0417. The van der Waals surface area contributed by atoms with E-state index in [1.54, 1.807) is 18.2 Å². The molecule has 1 aliphatic heterocycles. The van der Waals surface area contributed by atoms with Crippen molar-refractivity contribution in [2.24, 2.45) is 0 Å². The van der Waals surface area contributed by atoms with E-state index in [1.165, 1.54) is 0 Å². The summed E-state index contributed by atoms with van der Waals surface area (Å²) in [6.07, 6.45) is 1.91. The van der Waals surface area contributed by atoms with Gasteiger partial charge in [0.05, 0.1) is 16.1 Å². The molecule has 0 spiro atoms. The first-order valence-corrected chi connectivity index (χ1v) is 5.67. The Labute approximate surface area is 98.6 Å². The summed E-state index contributed by atoms with van der Waals surface area (Å²) in [7, 11) is 0. The van der Waals surface area contributed by atoms with E-state index in [2.05, 4.69) is 5.32 Å². The summed E-state index contributed by atoms with van der Waals surface area (Å²) in [5.41, 5.74) is 0.517. The van der Waals surface area contributed by atoms with Gasteiger partial charge in [0.2, 0.25) is 0 Å². The van der Waals surface area contributed by atoms with Crippen LogP contribution in [0.1, 0.15) is 23.2 Å². The third-order valence-electron chi connectivity index (χ3n) is 2.59.